The highest BCUT2D eigenvalue weighted by Crippen LogP contribution is 2.31. The highest BCUT2D eigenvalue weighted by Gasteiger charge is 2.45. The minimum Gasteiger partial charge on any atom is -0.353 e. The lowest BCUT2D eigenvalue weighted by molar-refractivity contribution is -0.123. The third-order valence-corrected chi connectivity index (χ3v) is 3.37. The molecular weight excluding hydrogens is 297 g/mol. The Morgan fingerprint density at radius 3 is 2.48 bits per heavy atom. The molecule has 7 heteroatoms. The maximum absolute atomic E-state index is 13.3. The van der Waals surface area contributed by atoms with E-state index in [-0.39, 0.29) is 36.3 Å². The van der Waals surface area contributed by atoms with Crippen LogP contribution in [0.15, 0.2) is 18.2 Å². The Morgan fingerprint density at radius 1 is 1.29 bits per heavy atom. The molecule has 4 N–H and O–H groups in total. The van der Waals surface area contributed by atoms with Crippen LogP contribution in [0, 0.1) is 12.7 Å². The van der Waals surface area contributed by atoms with E-state index < -0.39 is 11.4 Å². The van der Waals surface area contributed by atoms with Gasteiger partial charge in [-0.3, -0.25) is 9.59 Å². The first-order chi connectivity index (χ1) is 9.42. The summed E-state index contributed by atoms with van der Waals surface area (Å²) in [6, 6.07) is 4.31. The van der Waals surface area contributed by atoms with Gasteiger partial charge in [-0.25, -0.2) is 4.39 Å². The third kappa shape index (κ3) is 4.41. The summed E-state index contributed by atoms with van der Waals surface area (Å²) in [6.07, 6.45) is 1.40. The van der Waals surface area contributed by atoms with Gasteiger partial charge in [-0.1, -0.05) is 6.07 Å². The Bertz CT molecular complexity index is 547. The summed E-state index contributed by atoms with van der Waals surface area (Å²) in [5.74, 6) is -0.968. The number of carbonyl (C=O) groups is 2. The molecule has 0 spiro atoms. The molecular formula is C14H19ClFN3O2. The average Bonchev–Trinajstić information content (AvgIpc) is 3.16. The Hall–Kier alpha value is -1.66. The Labute approximate surface area is 128 Å². The smallest absolute Gasteiger partial charge is 0.251 e. The van der Waals surface area contributed by atoms with Crippen LogP contribution in [0.3, 0.4) is 0 Å². The largest absolute Gasteiger partial charge is 0.353 e. The molecule has 0 heterocycles. The molecule has 2 amide bonds. The Morgan fingerprint density at radius 2 is 1.90 bits per heavy atom. The molecule has 0 saturated heterocycles. The van der Waals surface area contributed by atoms with E-state index >= 15 is 0 Å². The van der Waals surface area contributed by atoms with Gasteiger partial charge in [0.25, 0.3) is 5.91 Å². The molecule has 5 nitrogen and oxygen atoms in total. The average molecular weight is 316 g/mol. The van der Waals surface area contributed by atoms with Crippen LogP contribution in [0.4, 0.5) is 4.39 Å². The van der Waals surface area contributed by atoms with E-state index in [4.69, 9.17) is 5.73 Å². The quantitative estimate of drug-likeness (QED) is 0.706. The number of hydrogen-bond acceptors (Lipinski definition) is 3. The molecule has 0 aliphatic heterocycles. The predicted octanol–water partition coefficient (Wildman–Crippen LogP) is 0.893. The van der Waals surface area contributed by atoms with Gasteiger partial charge < -0.3 is 16.4 Å². The lowest BCUT2D eigenvalue weighted by atomic mass is 10.1. The normalized spacial score (nSPS) is 14.8. The van der Waals surface area contributed by atoms with Crippen LogP contribution in [0.25, 0.3) is 0 Å². The summed E-state index contributed by atoms with van der Waals surface area (Å²) >= 11 is 0. The number of benzene rings is 1. The molecule has 21 heavy (non-hydrogen) atoms. The monoisotopic (exact) mass is 315 g/mol. The minimum atomic E-state index is -0.704. The highest BCUT2D eigenvalue weighted by atomic mass is 35.5. The molecule has 1 aliphatic carbocycles. The van der Waals surface area contributed by atoms with Crippen molar-refractivity contribution in [2.75, 3.05) is 13.1 Å². The van der Waals surface area contributed by atoms with Crippen LogP contribution in [0.5, 0.6) is 0 Å². The van der Waals surface area contributed by atoms with Gasteiger partial charge in [0.05, 0.1) is 5.54 Å². The first-order valence-corrected chi connectivity index (χ1v) is 6.54. The number of amides is 2. The zero-order valence-corrected chi connectivity index (χ0v) is 12.6. The van der Waals surface area contributed by atoms with Crippen molar-refractivity contribution in [3.8, 4) is 0 Å². The molecule has 1 fully saturated rings. The second-order valence-corrected chi connectivity index (χ2v) is 5.13. The predicted molar refractivity (Wildman–Crippen MR) is 79.9 cm³/mol. The zero-order chi connectivity index (χ0) is 14.8. The van der Waals surface area contributed by atoms with Gasteiger partial charge in [0, 0.05) is 18.7 Å². The van der Waals surface area contributed by atoms with Gasteiger partial charge in [-0.2, -0.15) is 0 Å². The molecule has 1 aliphatic rings. The van der Waals surface area contributed by atoms with Crippen LogP contribution < -0.4 is 16.4 Å². The van der Waals surface area contributed by atoms with Crippen molar-refractivity contribution in [2.24, 2.45) is 5.73 Å². The summed E-state index contributed by atoms with van der Waals surface area (Å²) in [6.45, 7) is 2.21. The van der Waals surface area contributed by atoms with Gasteiger partial charge in [0.15, 0.2) is 0 Å². The van der Waals surface area contributed by atoms with E-state index in [0.717, 1.165) is 0 Å². The Kier molecular flexibility index (Phi) is 5.69. The van der Waals surface area contributed by atoms with Crippen molar-refractivity contribution < 1.29 is 14.0 Å². The van der Waals surface area contributed by atoms with Gasteiger partial charge in [-0.15, -0.1) is 12.4 Å². The maximum atomic E-state index is 13.3. The summed E-state index contributed by atoms with van der Waals surface area (Å²) in [7, 11) is 0. The molecule has 0 bridgehead atoms. The molecule has 1 aromatic rings. The second-order valence-electron chi connectivity index (χ2n) is 5.13. The van der Waals surface area contributed by atoms with Crippen LogP contribution in [-0.2, 0) is 4.79 Å². The zero-order valence-electron chi connectivity index (χ0n) is 11.7. The minimum absolute atomic E-state index is 0. The van der Waals surface area contributed by atoms with Crippen molar-refractivity contribution in [1.29, 1.82) is 0 Å². The summed E-state index contributed by atoms with van der Waals surface area (Å²) in [5.41, 5.74) is 5.76. The van der Waals surface area contributed by atoms with Crippen LogP contribution in [-0.4, -0.2) is 30.4 Å². The SMILES string of the molecule is Cc1ccc(C(=O)NCCNC(=O)C2(N)CC2)cc1F.Cl. The lowest BCUT2D eigenvalue weighted by Gasteiger charge is -2.10. The number of rotatable bonds is 5. The van der Waals surface area contributed by atoms with Crippen molar-refractivity contribution in [3.05, 3.63) is 35.1 Å². The third-order valence-electron chi connectivity index (χ3n) is 3.37. The van der Waals surface area contributed by atoms with Gasteiger partial charge in [0.1, 0.15) is 5.82 Å². The number of nitrogens with two attached hydrogens (primary N) is 1. The van der Waals surface area contributed by atoms with Crippen LogP contribution in [0.2, 0.25) is 0 Å². The number of halogens is 2. The van der Waals surface area contributed by atoms with E-state index in [1.54, 1.807) is 19.1 Å². The van der Waals surface area contributed by atoms with E-state index in [9.17, 15) is 14.0 Å². The van der Waals surface area contributed by atoms with E-state index in [2.05, 4.69) is 10.6 Å². The fraction of sp³-hybridized carbons (Fsp3) is 0.429. The van der Waals surface area contributed by atoms with Crippen LogP contribution in [0.1, 0.15) is 28.8 Å². The summed E-state index contributed by atoms with van der Waals surface area (Å²) < 4.78 is 13.3. The first kappa shape index (κ1) is 17.4. The van der Waals surface area contributed by atoms with Crippen molar-refractivity contribution in [2.45, 2.75) is 25.3 Å². The second kappa shape index (κ2) is 6.87. The van der Waals surface area contributed by atoms with Crippen molar-refractivity contribution in [1.82, 2.24) is 10.6 Å². The molecule has 2 rings (SSSR count). The van der Waals surface area contributed by atoms with Gasteiger partial charge in [0.2, 0.25) is 5.91 Å². The highest BCUT2D eigenvalue weighted by molar-refractivity contribution is 5.94. The fourth-order valence-corrected chi connectivity index (χ4v) is 1.73. The topological polar surface area (TPSA) is 84.2 Å². The van der Waals surface area contributed by atoms with E-state index in [1.165, 1.54) is 6.07 Å². The van der Waals surface area contributed by atoms with Gasteiger partial charge >= 0.3 is 0 Å². The molecule has 1 saturated carbocycles. The summed E-state index contributed by atoms with van der Waals surface area (Å²) in [4.78, 5) is 23.3. The van der Waals surface area contributed by atoms with Crippen molar-refractivity contribution >= 4 is 24.2 Å². The first-order valence-electron chi connectivity index (χ1n) is 6.54. The Balaban J connectivity index is 0.00000220. The molecule has 116 valence electrons. The van der Waals surface area contributed by atoms with Crippen LogP contribution >= 0.6 is 12.4 Å². The van der Waals surface area contributed by atoms with E-state index in [1.807, 2.05) is 0 Å². The number of nitrogens with one attached hydrogen (secondary N) is 2. The summed E-state index contributed by atoms with van der Waals surface area (Å²) in [5, 5.41) is 5.27. The van der Waals surface area contributed by atoms with Gasteiger partial charge in [-0.05, 0) is 37.5 Å². The maximum Gasteiger partial charge on any atom is 0.251 e. The van der Waals surface area contributed by atoms with Crippen molar-refractivity contribution in [3.63, 3.8) is 0 Å². The molecule has 0 atom stereocenters. The fourth-order valence-electron chi connectivity index (χ4n) is 1.73. The molecule has 1 aromatic carbocycles. The molecule has 0 aromatic heterocycles. The standard InChI is InChI=1S/C14H18FN3O2.ClH/c1-9-2-3-10(8-11(9)15)12(19)17-6-7-18-13(20)14(16)4-5-14;/h2-3,8H,4-7,16H2,1H3,(H,17,19)(H,18,20);1H. The lowest BCUT2D eigenvalue weighted by Crippen LogP contribution is -2.45. The number of hydrogen-bond donors (Lipinski definition) is 3. The number of carbonyl (C=O) groups excluding carboxylic acids is 2. The molecule has 0 radical (unpaired) electrons. The van der Waals surface area contributed by atoms with E-state index in [0.29, 0.717) is 24.9 Å². The number of aryl methyl sites for hydroxylation is 1. The molecule has 0 unspecified atom stereocenters.